The summed E-state index contributed by atoms with van der Waals surface area (Å²) in [5.41, 5.74) is -0.377. The number of alkyl halides is 2. The van der Waals surface area contributed by atoms with Gasteiger partial charge in [0.25, 0.3) is 0 Å². The monoisotopic (exact) mass is 320 g/mol. The second-order valence-corrected chi connectivity index (χ2v) is 5.06. The topological polar surface area (TPSA) is 35.5 Å². The van der Waals surface area contributed by atoms with E-state index in [2.05, 4.69) is 25.7 Å². The van der Waals surface area contributed by atoms with Crippen LogP contribution < -0.4 is 0 Å². The lowest BCUT2D eigenvalue weighted by atomic mass is 9.86. The van der Waals surface area contributed by atoms with Crippen LogP contribution in [0.2, 0.25) is 0 Å². The second kappa shape index (κ2) is 5.32. The standard InChI is InChI=1S/C12H11BrF2O3/c13-10-6-2-5-9(7-10)12(14,15)18-17-11(16)8-3-1-4-8/h2,5-8H,1,3-4H2. The molecule has 0 spiro atoms. The van der Waals surface area contributed by atoms with Gasteiger partial charge in [0, 0.05) is 4.47 Å². The van der Waals surface area contributed by atoms with E-state index in [0.717, 1.165) is 6.42 Å². The predicted octanol–water partition coefficient (Wildman–Crippen LogP) is 3.77. The molecule has 18 heavy (non-hydrogen) atoms. The highest BCUT2D eigenvalue weighted by Crippen LogP contribution is 2.33. The lowest BCUT2D eigenvalue weighted by Gasteiger charge is -2.23. The van der Waals surface area contributed by atoms with Crippen LogP contribution in [0.25, 0.3) is 0 Å². The van der Waals surface area contributed by atoms with Crippen molar-refractivity contribution in [2.24, 2.45) is 5.92 Å². The minimum atomic E-state index is -3.65. The van der Waals surface area contributed by atoms with E-state index in [9.17, 15) is 13.6 Å². The average molecular weight is 321 g/mol. The fourth-order valence-corrected chi connectivity index (χ4v) is 1.92. The lowest BCUT2D eigenvalue weighted by Crippen LogP contribution is -2.28. The van der Waals surface area contributed by atoms with Crippen LogP contribution in [-0.2, 0) is 20.7 Å². The molecule has 6 heteroatoms. The number of carbonyl (C=O) groups excluding carboxylic acids is 1. The van der Waals surface area contributed by atoms with Crippen molar-refractivity contribution in [3.8, 4) is 0 Å². The zero-order chi connectivity index (χ0) is 13.2. The Morgan fingerprint density at radius 3 is 2.67 bits per heavy atom. The summed E-state index contributed by atoms with van der Waals surface area (Å²) in [6, 6.07) is 5.46. The summed E-state index contributed by atoms with van der Waals surface area (Å²) < 4.78 is 27.6. The highest BCUT2D eigenvalue weighted by molar-refractivity contribution is 9.10. The smallest absolute Gasteiger partial charge is 0.292 e. The summed E-state index contributed by atoms with van der Waals surface area (Å²) in [5, 5.41) is 0. The van der Waals surface area contributed by atoms with Crippen molar-refractivity contribution in [3.63, 3.8) is 0 Å². The van der Waals surface area contributed by atoms with E-state index in [0.29, 0.717) is 17.3 Å². The van der Waals surface area contributed by atoms with Gasteiger partial charge in [-0.1, -0.05) is 34.5 Å². The molecule has 0 amide bonds. The fraction of sp³-hybridized carbons (Fsp3) is 0.417. The Hall–Kier alpha value is -1.01. The number of rotatable bonds is 4. The van der Waals surface area contributed by atoms with Crippen LogP contribution >= 0.6 is 15.9 Å². The van der Waals surface area contributed by atoms with Crippen LogP contribution in [0.5, 0.6) is 0 Å². The van der Waals surface area contributed by atoms with E-state index >= 15 is 0 Å². The van der Waals surface area contributed by atoms with Gasteiger partial charge in [0.05, 0.1) is 11.5 Å². The molecule has 0 N–H and O–H groups in total. The quantitative estimate of drug-likeness (QED) is 0.625. The van der Waals surface area contributed by atoms with Crippen molar-refractivity contribution in [2.75, 3.05) is 0 Å². The van der Waals surface area contributed by atoms with Gasteiger partial charge >= 0.3 is 12.1 Å². The van der Waals surface area contributed by atoms with E-state index in [1.165, 1.54) is 18.2 Å². The normalized spacial score (nSPS) is 16.2. The Morgan fingerprint density at radius 2 is 2.11 bits per heavy atom. The Kier molecular flexibility index (Phi) is 3.97. The number of carbonyl (C=O) groups is 1. The molecule has 3 nitrogen and oxygen atoms in total. The first kappa shape index (κ1) is 13.4. The Morgan fingerprint density at radius 1 is 1.39 bits per heavy atom. The molecule has 0 atom stereocenters. The molecule has 1 aliphatic rings. The average Bonchev–Trinajstić information content (AvgIpc) is 2.24. The molecule has 98 valence electrons. The van der Waals surface area contributed by atoms with Gasteiger partial charge in [-0.2, -0.15) is 8.78 Å². The van der Waals surface area contributed by atoms with E-state index in [-0.39, 0.29) is 11.5 Å². The summed E-state index contributed by atoms with van der Waals surface area (Å²) in [6.07, 6.45) is -1.39. The third-order valence-electron chi connectivity index (χ3n) is 2.83. The van der Waals surface area contributed by atoms with Crippen molar-refractivity contribution in [1.29, 1.82) is 0 Å². The van der Waals surface area contributed by atoms with Gasteiger partial charge < -0.3 is 0 Å². The van der Waals surface area contributed by atoms with Gasteiger partial charge in [0.15, 0.2) is 0 Å². The summed E-state index contributed by atoms with van der Waals surface area (Å²) in [5.74, 6) is -1.03. The molecule has 0 saturated heterocycles. The molecule has 2 rings (SSSR count). The van der Waals surface area contributed by atoms with E-state index in [1.807, 2.05) is 0 Å². The van der Waals surface area contributed by atoms with Gasteiger partial charge in [-0.15, -0.1) is 4.89 Å². The van der Waals surface area contributed by atoms with Crippen molar-refractivity contribution in [3.05, 3.63) is 34.3 Å². The number of halogens is 3. The van der Waals surface area contributed by atoms with Crippen molar-refractivity contribution in [1.82, 2.24) is 0 Å². The molecule has 0 unspecified atom stereocenters. The number of benzene rings is 1. The van der Waals surface area contributed by atoms with Crippen LogP contribution in [0.15, 0.2) is 28.7 Å². The summed E-state index contributed by atoms with van der Waals surface area (Å²) >= 11 is 3.08. The molecule has 0 heterocycles. The van der Waals surface area contributed by atoms with Crippen LogP contribution in [0.4, 0.5) is 8.78 Å². The molecule has 1 aromatic carbocycles. The summed E-state index contributed by atoms with van der Waals surface area (Å²) in [7, 11) is 0. The maximum Gasteiger partial charge on any atom is 0.418 e. The van der Waals surface area contributed by atoms with Crippen molar-refractivity contribution >= 4 is 21.9 Å². The fourth-order valence-electron chi connectivity index (χ4n) is 1.52. The molecule has 0 bridgehead atoms. The first-order chi connectivity index (χ1) is 8.49. The molecule has 1 fully saturated rings. The SMILES string of the molecule is O=C(OOC(F)(F)c1cccc(Br)c1)C1CCC1. The van der Waals surface area contributed by atoms with E-state index in [1.54, 1.807) is 6.07 Å². The van der Waals surface area contributed by atoms with Gasteiger partial charge in [-0.3, -0.25) is 4.89 Å². The van der Waals surface area contributed by atoms with Crippen LogP contribution in [-0.4, -0.2) is 5.97 Å². The lowest BCUT2D eigenvalue weighted by molar-refractivity contribution is -0.424. The van der Waals surface area contributed by atoms with Crippen LogP contribution in [0, 0.1) is 5.92 Å². The summed E-state index contributed by atoms with van der Waals surface area (Å²) in [6.45, 7) is 0. The van der Waals surface area contributed by atoms with Gasteiger partial charge in [0.1, 0.15) is 0 Å². The Balaban J connectivity index is 1.96. The number of hydrogen-bond donors (Lipinski definition) is 0. The molecule has 0 radical (unpaired) electrons. The Labute approximate surface area is 111 Å². The van der Waals surface area contributed by atoms with Crippen molar-refractivity contribution < 1.29 is 23.4 Å². The third-order valence-corrected chi connectivity index (χ3v) is 3.32. The largest absolute Gasteiger partial charge is 0.418 e. The van der Waals surface area contributed by atoms with Crippen LogP contribution in [0.1, 0.15) is 24.8 Å². The third kappa shape index (κ3) is 3.05. The van der Waals surface area contributed by atoms with Crippen LogP contribution in [0.3, 0.4) is 0 Å². The van der Waals surface area contributed by atoms with Crippen molar-refractivity contribution in [2.45, 2.75) is 25.4 Å². The first-order valence-corrected chi connectivity index (χ1v) is 6.32. The zero-order valence-electron chi connectivity index (χ0n) is 9.37. The maximum atomic E-state index is 13.6. The highest BCUT2D eigenvalue weighted by atomic mass is 79.9. The predicted molar refractivity (Wildman–Crippen MR) is 62.6 cm³/mol. The minimum absolute atomic E-state index is 0.302. The summed E-state index contributed by atoms with van der Waals surface area (Å²) in [4.78, 5) is 19.5. The molecule has 0 aromatic heterocycles. The van der Waals surface area contributed by atoms with Gasteiger partial charge in [-0.25, -0.2) is 4.79 Å². The molecule has 1 aliphatic carbocycles. The Bertz CT molecular complexity index is 447. The number of hydrogen-bond acceptors (Lipinski definition) is 3. The van der Waals surface area contributed by atoms with Gasteiger partial charge in [-0.05, 0) is 25.0 Å². The molecular formula is C12H11BrF2O3. The minimum Gasteiger partial charge on any atom is -0.292 e. The first-order valence-electron chi connectivity index (χ1n) is 5.52. The second-order valence-electron chi connectivity index (χ2n) is 4.14. The molecule has 1 aromatic rings. The van der Waals surface area contributed by atoms with Gasteiger partial charge in [0.2, 0.25) is 0 Å². The highest BCUT2D eigenvalue weighted by Gasteiger charge is 2.38. The maximum absolute atomic E-state index is 13.6. The molecular weight excluding hydrogens is 310 g/mol. The molecule has 1 saturated carbocycles. The zero-order valence-corrected chi connectivity index (χ0v) is 11.0. The molecule has 0 aliphatic heterocycles. The van der Waals surface area contributed by atoms with E-state index < -0.39 is 12.1 Å². The van der Waals surface area contributed by atoms with E-state index in [4.69, 9.17) is 0 Å².